The van der Waals surface area contributed by atoms with Crippen molar-refractivity contribution < 1.29 is 19.4 Å². The second-order valence-corrected chi connectivity index (χ2v) is 3.42. The van der Waals surface area contributed by atoms with Crippen molar-refractivity contribution in [2.24, 2.45) is 5.92 Å². The Hall–Kier alpha value is -0.640. The molecule has 0 heterocycles. The number of aliphatic hydroxyl groups is 1. The van der Waals surface area contributed by atoms with Crippen molar-refractivity contribution in [2.75, 3.05) is 6.61 Å². The van der Waals surface area contributed by atoms with Crippen molar-refractivity contribution in [1.82, 2.24) is 0 Å². The molecule has 0 spiro atoms. The van der Waals surface area contributed by atoms with Gasteiger partial charge < -0.3 is 10.2 Å². The van der Waals surface area contributed by atoms with E-state index in [1.807, 2.05) is 0 Å². The highest BCUT2D eigenvalue weighted by Crippen LogP contribution is 2.34. The van der Waals surface area contributed by atoms with Gasteiger partial charge in [0.25, 0.3) is 0 Å². The van der Waals surface area contributed by atoms with E-state index in [0.29, 0.717) is 12.8 Å². The number of halogens is 1. The summed E-state index contributed by atoms with van der Waals surface area (Å²) in [6.45, 7) is -0.487. The molecular formula is C8H13FO3. The van der Waals surface area contributed by atoms with E-state index in [-0.39, 0.29) is 12.8 Å². The minimum Gasteiger partial charge on any atom is -0.481 e. The first-order valence-electron chi connectivity index (χ1n) is 4.10. The Kier molecular flexibility index (Phi) is 2.67. The predicted octanol–water partition coefficient (Wildman–Crippen LogP) is 0.962. The first-order chi connectivity index (χ1) is 5.57. The zero-order chi connectivity index (χ0) is 9.19. The smallest absolute Gasteiger partial charge is 0.306 e. The van der Waals surface area contributed by atoms with E-state index >= 15 is 0 Å². The summed E-state index contributed by atoms with van der Waals surface area (Å²) in [6.07, 6.45) is 1.01. The second kappa shape index (κ2) is 3.39. The summed E-state index contributed by atoms with van der Waals surface area (Å²) >= 11 is 0. The summed E-state index contributed by atoms with van der Waals surface area (Å²) in [7, 11) is 0. The number of alkyl halides is 1. The number of rotatable bonds is 2. The highest BCUT2D eigenvalue weighted by atomic mass is 19.1. The van der Waals surface area contributed by atoms with Gasteiger partial charge in [0.1, 0.15) is 5.67 Å². The third-order valence-corrected chi connectivity index (χ3v) is 2.51. The minimum atomic E-state index is -1.52. The second-order valence-electron chi connectivity index (χ2n) is 3.42. The van der Waals surface area contributed by atoms with Crippen LogP contribution in [0, 0.1) is 5.92 Å². The molecule has 1 aliphatic rings. The molecule has 1 saturated carbocycles. The molecule has 0 aromatic carbocycles. The zero-order valence-corrected chi connectivity index (χ0v) is 6.79. The molecule has 1 aliphatic carbocycles. The van der Waals surface area contributed by atoms with Crippen molar-refractivity contribution in [3.63, 3.8) is 0 Å². The van der Waals surface area contributed by atoms with Gasteiger partial charge in [-0.2, -0.15) is 0 Å². The van der Waals surface area contributed by atoms with Crippen LogP contribution < -0.4 is 0 Å². The van der Waals surface area contributed by atoms with E-state index in [9.17, 15) is 9.18 Å². The Labute approximate surface area is 70.2 Å². The fourth-order valence-corrected chi connectivity index (χ4v) is 1.54. The molecule has 12 heavy (non-hydrogen) atoms. The normalized spacial score (nSPS) is 36.3. The van der Waals surface area contributed by atoms with Gasteiger partial charge in [-0.15, -0.1) is 0 Å². The maximum Gasteiger partial charge on any atom is 0.306 e. The monoisotopic (exact) mass is 176 g/mol. The summed E-state index contributed by atoms with van der Waals surface area (Å²) in [5.41, 5.74) is -1.52. The van der Waals surface area contributed by atoms with Gasteiger partial charge >= 0.3 is 5.97 Å². The van der Waals surface area contributed by atoms with Crippen molar-refractivity contribution in [3.05, 3.63) is 0 Å². The lowest BCUT2D eigenvalue weighted by molar-refractivity contribution is -0.144. The van der Waals surface area contributed by atoms with Crippen LogP contribution in [0.2, 0.25) is 0 Å². The van der Waals surface area contributed by atoms with Gasteiger partial charge in [-0.25, -0.2) is 4.39 Å². The van der Waals surface area contributed by atoms with E-state index < -0.39 is 24.2 Å². The summed E-state index contributed by atoms with van der Waals surface area (Å²) < 4.78 is 13.3. The maximum absolute atomic E-state index is 13.3. The molecule has 0 amide bonds. The average molecular weight is 176 g/mol. The van der Waals surface area contributed by atoms with E-state index in [1.165, 1.54) is 0 Å². The molecule has 1 fully saturated rings. The summed E-state index contributed by atoms with van der Waals surface area (Å²) in [6, 6.07) is 0. The quantitative estimate of drug-likeness (QED) is 0.658. The largest absolute Gasteiger partial charge is 0.481 e. The lowest BCUT2D eigenvalue weighted by Gasteiger charge is -2.30. The van der Waals surface area contributed by atoms with E-state index in [1.54, 1.807) is 0 Å². The Morgan fingerprint density at radius 1 is 1.50 bits per heavy atom. The van der Waals surface area contributed by atoms with Crippen LogP contribution in [-0.2, 0) is 4.79 Å². The number of carboxylic acids is 1. The summed E-state index contributed by atoms with van der Waals surface area (Å²) in [4.78, 5) is 10.5. The van der Waals surface area contributed by atoms with Crippen LogP contribution in [-0.4, -0.2) is 28.5 Å². The minimum absolute atomic E-state index is 0.167. The third-order valence-electron chi connectivity index (χ3n) is 2.51. The van der Waals surface area contributed by atoms with E-state index in [4.69, 9.17) is 10.2 Å². The SMILES string of the molecule is O=C(O)[C@H]1CC[C@](F)(CO)CC1. The molecule has 2 N–H and O–H groups in total. The molecule has 0 bridgehead atoms. The fraction of sp³-hybridized carbons (Fsp3) is 0.875. The average Bonchev–Trinajstić information content (AvgIpc) is 2.05. The van der Waals surface area contributed by atoms with Gasteiger partial charge in [-0.05, 0) is 25.7 Å². The Morgan fingerprint density at radius 3 is 2.33 bits per heavy atom. The Bertz CT molecular complexity index is 173. The number of carbonyl (C=O) groups is 1. The Balaban J connectivity index is 2.44. The molecule has 0 aromatic heterocycles. The summed E-state index contributed by atoms with van der Waals surface area (Å²) in [5.74, 6) is -1.27. The molecule has 4 heteroatoms. The summed E-state index contributed by atoms with van der Waals surface area (Å²) in [5, 5.41) is 17.2. The van der Waals surface area contributed by atoms with Crippen LogP contribution >= 0.6 is 0 Å². The maximum atomic E-state index is 13.3. The van der Waals surface area contributed by atoms with Crippen LogP contribution in [0.5, 0.6) is 0 Å². The van der Waals surface area contributed by atoms with Crippen LogP contribution in [0.3, 0.4) is 0 Å². The number of aliphatic hydroxyl groups excluding tert-OH is 1. The molecule has 3 nitrogen and oxygen atoms in total. The van der Waals surface area contributed by atoms with Gasteiger partial charge in [0.15, 0.2) is 0 Å². The number of hydrogen-bond donors (Lipinski definition) is 2. The standard InChI is InChI=1S/C8H13FO3/c9-8(5-10)3-1-6(2-4-8)7(11)12/h6,10H,1-5H2,(H,11,12)/t6-,8+. The van der Waals surface area contributed by atoms with Gasteiger partial charge in [-0.3, -0.25) is 4.79 Å². The van der Waals surface area contributed by atoms with Gasteiger partial charge in [0.2, 0.25) is 0 Å². The van der Waals surface area contributed by atoms with Crippen molar-refractivity contribution in [2.45, 2.75) is 31.4 Å². The third kappa shape index (κ3) is 1.94. The Morgan fingerprint density at radius 2 is 2.00 bits per heavy atom. The molecule has 1 rings (SSSR count). The van der Waals surface area contributed by atoms with E-state index in [2.05, 4.69) is 0 Å². The van der Waals surface area contributed by atoms with Gasteiger partial charge in [0.05, 0.1) is 12.5 Å². The van der Waals surface area contributed by atoms with Crippen molar-refractivity contribution in [3.8, 4) is 0 Å². The van der Waals surface area contributed by atoms with Crippen LogP contribution in [0.4, 0.5) is 4.39 Å². The van der Waals surface area contributed by atoms with Gasteiger partial charge in [0, 0.05) is 0 Å². The van der Waals surface area contributed by atoms with Crippen LogP contribution in [0.15, 0.2) is 0 Å². The first kappa shape index (κ1) is 9.45. The molecule has 0 aromatic rings. The zero-order valence-electron chi connectivity index (χ0n) is 6.79. The van der Waals surface area contributed by atoms with Gasteiger partial charge in [-0.1, -0.05) is 0 Å². The van der Waals surface area contributed by atoms with Crippen molar-refractivity contribution >= 4 is 5.97 Å². The molecule has 0 unspecified atom stereocenters. The predicted molar refractivity (Wildman–Crippen MR) is 40.5 cm³/mol. The first-order valence-corrected chi connectivity index (χ1v) is 4.10. The molecule has 0 aliphatic heterocycles. The van der Waals surface area contributed by atoms with Crippen LogP contribution in [0.25, 0.3) is 0 Å². The number of aliphatic carboxylic acids is 1. The molecular weight excluding hydrogens is 163 g/mol. The highest BCUT2D eigenvalue weighted by molar-refractivity contribution is 5.70. The topological polar surface area (TPSA) is 57.5 Å². The van der Waals surface area contributed by atoms with Crippen LogP contribution in [0.1, 0.15) is 25.7 Å². The molecule has 0 saturated heterocycles. The lowest BCUT2D eigenvalue weighted by atomic mass is 9.80. The number of carboxylic acid groups (broad SMARTS) is 1. The molecule has 0 atom stereocenters. The molecule has 0 radical (unpaired) electrons. The number of hydrogen-bond acceptors (Lipinski definition) is 2. The lowest BCUT2D eigenvalue weighted by Crippen LogP contribution is -2.35. The van der Waals surface area contributed by atoms with E-state index in [0.717, 1.165) is 0 Å². The highest BCUT2D eigenvalue weighted by Gasteiger charge is 2.36. The van der Waals surface area contributed by atoms with Crippen molar-refractivity contribution in [1.29, 1.82) is 0 Å². The fourth-order valence-electron chi connectivity index (χ4n) is 1.54. The molecule has 70 valence electrons.